The Morgan fingerprint density at radius 3 is 2.80 bits per heavy atom. The van der Waals surface area contributed by atoms with Crippen LogP contribution in [0.4, 0.5) is 0 Å². The summed E-state index contributed by atoms with van der Waals surface area (Å²) < 4.78 is 6.95. The maximum atomic E-state index is 11.8. The van der Waals surface area contributed by atoms with Crippen molar-refractivity contribution in [2.75, 3.05) is 0 Å². The van der Waals surface area contributed by atoms with Gasteiger partial charge in [-0.1, -0.05) is 11.6 Å². The van der Waals surface area contributed by atoms with Crippen LogP contribution in [0.2, 0.25) is 5.15 Å². The maximum absolute atomic E-state index is 11.8. The summed E-state index contributed by atoms with van der Waals surface area (Å²) in [6, 6.07) is 2.08. The number of carbonyl (C=O) groups is 1. The van der Waals surface area contributed by atoms with Gasteiger partial charge in [0, 0.05) is 18.7 Å². The van der Waals surface area contributed by atoms with Crippen LogP contribution in [0.25, 0.3) is 6.08 Å². The lowest BCUT2D eigenvalue weighted by Gasteiger charge is -2.38. The fourth-order valence-corrected chi connectivity index (χ4v) is 2.50. The first-order valence-corrected chi connectivity index (χ1v) is 6.82. The van der Waals surface area contributed by atoms with Crippen molar-refractivity contribution in [3.63, 3.8) is 0 Å². The molecule has 0 amide bonds. The first-order chi connectivity index (χ1) is 9.47. The van der Waals surface area contributed by atoms with E-state index >= 15 is 0 Å². The largest absolute Gasteiger partial charge is 0.455 e. The Balaban J connectivity index is 2.04. The van der Waals surface area contributed by atoms with Crippen LogP contribution in [-0.2, 0) is 16.6 Å². The number of aryl methyl sites for hydroxylation is 2. The average Bonchev–Trinajstić information content (AvgIpc) is 2.59. The van der Waals surface area contributed by atoms with E-state index in [-0.39, 0.29) is 6.42 Å². The average molecular weight is 294 g/mol. The van der Waals surface area contributed by atoms with Gasteiger partial charge in [-0.15, -0.1) is 0 Å². The van der Waals surface area contributed by atoms with E-state index in [0.717, 1.165) is 25.0 Å². The van der Waals surface area contributed by atoms with Crippen molar-refractivity contribution in [1.29, 1.82) is 5.26 Å². The van der Waals surface area contributed by atoms with Crippen LogP contribution >= 0.6 is 11.6 Å². The van der Waals surface area contributed by atoms with E-state index in [2.05, 4.69) is 11.2 Å². The van der Waals surface area contributed by atoms with Gasteiger partial charge in [-0.25, -0.2) is 4.79 Å². The fourth-order valence-electron chi connectivity index (χ4n) is 2.26. The summed E-state index contributed by atoms with van der Waals surface area (Å²) in [6.45, 7) is 1.82. The van der Waals surface area contributed by atoms with Crippen LogP contribution in [0.1, 0.15) is 36.9 Å². The van der Waals surface area contributed by atoms with E-state index in [0.29, 0.717) is 10.7 Å². The van der Waals surface area contributed by atoms with Crippen molar-refractivity contribution < 1.29 is 9.53 Å². The molecule has 0 atom stereocenters. The minimum absolute atomic E-state index is 0.249. The third kappa shape index (κ3) is 2.86. The molecular weight excluding hydrogens is 278 g/mol. The quantitative estimate of drug-likeness (QED) is 0.632. The van der Waals surface area contributed by atoms with Crippen molar-refractivity contribution in [1.82, 2.24) is 9.78 Å². The summed E-state index contributed by atoms with van der Waals surface area (Å²) in [7, 11) is 1.74. The lowest BCUT2D eigenvalue weighted by Crippen LogP contribution is -2.41. The van der Waals surface area contributed by atoms with Crippen molar-refractivity contribution in [2.24, 2.45) is 7.05 Å². The predicted molar refractivity (Wildman–Crippen MR) is 74.9 cm³/mol. The van der Waals surface area contributed by atoms with Gasteiger partial charge >= 0.3 is 5.97 Å². The Morgan fingerprint density at radius 1 is 1.65 bits per heavy atom. The normalized spacial score (nSPS) is 16.7. The molecule has 1 aromatic rings. The van der Waals surface area contributed by atoms with Crippen LogP contribution < -0.4 is 0 Å². The minimum Gasteiger partial charge on any atom is -0.455 e. The molecule has 20 heavy (non-hydrogen) atoms. The lowest BCUT2D eigenvalue weighted by atomic mass is 9.78. The zero-order valence-electron chi connectivity index (χ0n) is 11.5. The second kappa shape index (κ2) is 5.68. The summed E-state index contributed by atoms with van der Waals surface area (Å²) in [5, 5.41) is 13.4. The highest BCUT2D eigenvalue weighted by Crippen LogP contribution is 2.38. The number of aromatic nitrogens is 2. The molecule has 6 heteroatoms. The van der Waals surface area contributed by atoms with Gasteiger partial charge in [0.2, 0.25) is 0 Å². The van der Waals surface area contributed by atoms with Gasteiger partial charge in [0.05, 0.1) is 18.2 Å². The molecule has 1 saturated carbocycles. The summed E-state index contributed by atoms with van der Waals surface area (Å²) in [5.41, 5.74) is 0.871. The second-order valence-electron chi connectivity index (χ2n) is 5.04. The molecular formula is C14H16ClN3O2. The summed E-state index contributed by atoms with van der Waals surface area (Å²) in [4.78, 5) is 11.8. The number of nitriles is 1. The molecule has 0 N–H and O–H groups in total. The SMILES string of the molecule is Cc1nn(C)c(Cl)c1C=CC(=O)OC1(CC#N)CCC1. The third-order valence-electron chi connectivity index (χ3n) is 3.57. The topological polar surface area (TPSA) is 67.9 Å². The number of rotatable bonds is 4. The van der Waals surface area contributed by atoms with E-state index in [9.17, 15) is 4.79 Å². The molecule has 0 saturated heterocycles. The molecule has 0 aromatic carbocycles. The first-order valence-electron chi connectivity index (χ1n) is 6.44. The van der Waals surface area contributed by atoms with Crippen LogP contribution in [0.5, 0.6) is 0 Å². The highest BCUT2D eigenvalue weighted by Gasteiger charge is 2.40. The maximum Gasteiger partial charge on any atom is 0.331 e. The Labute approximate surface area is 122 Å². The van der Waals surface area contributed by atoms with E-state index < -0.39 is 11.6 Å². The van der Waals surface area contributed by atoms with Gasteiger partial charge in [-0.3, -0.25) is 4.68 Å². The monoisotopic (exact) mass is 293 g/mol. The highest BCUT2D eigenvalue weighted by atomic mass is 35.5. The van der Waals surface area contributed by atoms with Gasteiger partial charge in [0.15, 0.2) is 0 Å². The van der Waals surface area contributed by atoms with Crippen LogP contribution in [0.15, 0.2) is 6.08 Å². The van der Waals surface area contributed by atoms with Crippen molar-refractivity contribution in [2.45, 2.75) is 38.2 Å². The zero-order valence-corrected chi connectivity index (χ0v) is 12.3. The second-order valence-corrected chi connectivity index (χ2v) is 5.40. The molecule has 1 aliphatic carbocycles. The van der Waals surface area contributed by atoms with E-state index in [4.69, 9.17) is 21.6 Å². The van der Waals surface area contributed by atoms with Crippen LogP contribution in [0.3, 0.4) is 0 Å². The molecule has 0 radical (unpaired) electrons. The predicted octanol–water partition coefficient (Wildman–Crippen LogP) is 2.77. The molecule has 5 nitrogen and oxygen atoms in total. The van der Waals surface area contributed by atoms with Crippen molar-refractivity contribution in [3.05, 3.63) is 22.5 Å². The standard InChI is InChI=1S/C14H16ClN3O2/c1-10-11(13(15)18(2)17-10)4-5-12(19)20-14(8-9-16)6-3-7-14/h4-5H,3,6-8H2,1-2H3. The molecule has 0 aliphatic heterocycles. The van der Waals surface area contributed by atoms with E-state index in [1.54, 1.807) is 17.8 Å². The van der Waals surface area contributed by atoms with Gasteiger partial charge < -0.3 is 4.74 Å². The van der Waals surface area contributed by atoms with Gasteiger partial charge in [-0.05, 0) is 32.3 Å². The molecule has 1 aromatic heterocycles. The number of hydrogen-bond acceptors (Lipinski definition) is 4. The van der Waals surface area contributed by atoms with Gasteiger partial charge in [-0.2, -0.15) is 10.4 Å². The van der Waals surface area contributed by atoms with Crippen molar-refractivity contribution in [3.8, 4) is 6.07 Å². The molecule has 2 rings (SSSR count). The minimum atomic E-state index is -0.579. The Bertz CT molecular complexity index is 594. The number of esters is 1. The molecule has 0 bridgehead atoms. The van der Waals surface area contributed by atoms with Gasteiger partial charge in [0.1, 0.15) is 10.8 Å². The molecule has 0 spiro atoms. The number of hydrogen-bond donors (Lipinski definition) is 0. The van der Waals surface area contributed by atoms with E-state index in [1.807, 2.05) is 6.92 Å². The summed E-state index contributed by atoms with van der Waals surface area (Å²) in [6.07, 6.45) is 5.70. The number of carbonyl (C=O) groups excluding carboxylic acids is 1. The Hall–Kier alpha value is -1.80. The summed E-state index contributed by atoms with van der Waals surface area (Å²) >= 11 is 6.07. The molecule has 0 unspecified atom stereocenters. The third-order valence-corrected chi connectivity index (χ3v) is 4.01. The van der Waals surface area contributed by atoms with E-state index in [1.165, 1.54) is 6.08 Å². The van der Waals surface area contributed by atoms with Crippen LogP contribution in [0, 0.1) is 18.3 Å². The fraction of sp³-hybridized carbons (Fsp3) is 0.500. The summed E-state index contributed by atoms with van der Waals surface area (Å²) in [5.74, 6) is -0.445. The smallest absolute Gasteiger partial charge is 0.331 e. The number of ether oxygens (including phenoxy) is 1. The van der Waals surface area contributed by atoms with Crippen molar-refractivity contribution >= 4 is 23.6 Å². The Kier molecular flexibility index (Phi) is 4.15. The van der Waals surface area contributed by atoms with Crippen LogP contribution in [-0.4, -0.2) is 21.4 Å². The molecule has 1 fully saturated rings. The molecule has 1 aliphatic rings. The zero-order chi connectivity index (χ0) is 14.8. The molecule has 1 heterocycles. The lowest BCUT2D eigenvalue weighted by molar-refractivity contribution is -0.162. The Morgan fingerprint density at radius 2 is 2.35 bits per heavy atom. The highest BCUT2D eigenvalue weighted by molar-refractivity contribution is 6.31. The molecule has 106 valence electrons. The number of nitrogens with zero attached hydrogens (tertiary/aromatic N) is 3. The first kappa shape index (κ1) is 14.6. The number of halogens is 1. The van der Waals surface area contributed by atoms with Gasteiger partial charge in [0.25, 0.3) is 0 Å².